The van der Waals surface area contributed by atoms with Crippen molar-refractivity contribution < 1.29 is 13.9 Å². The average molecular weight is 267 g/mol. The van der Waals surface area contributed by atoms with Gasteiger partial charge in [0.05, 0.1) is 0 Å². The van der Waals surface area contributed by atoms with Crippen molar-refractivity contribution in [1.82, 2.24) is 9.80 Å². The maximum atomic E-state index is 13.5. The van der Waals surface area contributed by atoms with Gasteiger partial charge in [-0.1, -0.05) is 0 Å². The van der Waals surface area contributed by atoms with E-state index < -0.39 is 5.82 Å². The number of likely N-dealkylation sites (N-methyl/N-ethyl adjacent to an activating group) is 1. The van der Waals surface area contributed by atoms with Crippen LogP contribution < -0.4 is 10.5 Å². The summed E-state index contributed by atoms with van der Waals surface area (Å²) >= 11 is 0. The van der Waals surface area contributed by atoms with Gasteiger partial charge in [0.15, 0.2) is 18.2 Å². The van der Waals surface area contributed by atoms with Crippen LogP contribution >= 0.6 is 0 Å². The van der Waals surface area contributed by atoms with Crippen molar-refractivity contribution in [2.45, 2.75) is 0 Å². The van der Waals surface area contributed by atoms with E-state index in [1.807, 2.05) is 7.05 Å². The molecule has 1 fully saturated rings. The number of ether oxygens (including phenoxy) is 1. The van der Waals surface area contributed by atoms with Crippen molar-refractivity contribution in [1.29, 1.82) is 0 Å². The highest BCUT2D eigenvalue weighted by Crippen LogP contribution is 2.19. The zero-order valence-corrected chi connectivity index (χ0v) is 10.9. The third-order valence-electron chi connectivity index (χ3n) is 3.16. The highest BCUT2D eigenvalue weighted by molar-refractivity contribution is 5.77. The second-order valence-electron chi connectivity index (χ2n) is 4.66. The van der Waals surface area contributed by atoms with Gasteiger partial charge >= 0.3 is 0 Å². The normalized spacial score (nSPS) is 16.4. The van der Waals surface area contributed by atoms with E-state index in [2.05, 4.69) is 4.90 Å². The minimum absolute atomic E-state index is 0.0525. The minimum Gasteiger partial charge on any atom is -0.481 e. The van der Waals surface area contributed by atoms with Gasteiger partial charge in [-0.15, -0.1) is 0 Å². The summed E-state index contributed by atoms with van der Waals surface area (Å²) in [5, 5.41) is 0. The molecular formula is C13H18FN3O2. The Kier molecular flexibility index (Phi) is 4.21. The molecule has 0 radical (unpaired) electrons. The Labute approximate surface area is 111 Å². The molecule has 1 saturated heterocycles. The summed E-state index contributed by atoms with van der Waals surface area (Å²) in [5.41, 5.74) is 5.77. The molecule has 5 nitrogen and oxygen atoms in total. The molecule has 0 unspecified atom stereocenters. The second kappa shape index (κ2) is 5.88. The summed E-state index contributed by atoms with van der Waals surface area (Å²) in [4.78, 5) is 15.8. The monoisotopic (exact) mass is 267 g/mol. The molecule has 6 heteroatoms. The van der Waals surface area contributed by atoms with Crippen LogP contribution in [0.3, 0.4) is 0 Å². The van der Waals surface area contributed by atoms with Crippen LogP contribution in [-0.4, -0.2) is 55.5 Å². The molecule has 1 aromatic rings. The summed E-state index contributed by atoms with van der Waals surface area (Å²) < 4.78 is 18.7. The van der Waals surface area contributed by atoms with Gasteiger partial charge < -0.3 is 20.3 Å². The lowest BCUT2D eigenvalue weighted by molar-refractivity contribution is -0.134. The summed E-state index contributed by atoms with van der Waals surface area (Å²) in [6.45, 7) is 2.92. The molecule has 2 N–H and O–H groups in total. The van der Waals surface area contributed by atoms with Crippen LogP contribution in [-0.2, 0) is 4.79 Å². The van der Waals surface area contributed by atoms with Crippen LogP contribution in [0.5, 0.6) is 5.75 Å². The third-order valence-corrected chi connectivity index (χ3v) is 3.16. The highest BCUT2D eigenvalue weighted by Gasteiger charge is 2.19. The molecule has 0 aliphatic carbocycles. The lowest BCUT2D eigenvalue weighted by atomic mass is 10.3. The number of rotatable bonds is 3. The quantitative estimate of drug-likeness (QED) is 0.813. The standard InChI is InChI=1S/C13H18FN3O2/c1-16-4-6-17(7-5-16)13(18)9-19-12-3-2-10(15)8-11(12)14/h2-3,8H,4-7,9,15H2,1H3. The molecule has 0 saturated carbocycles. The van der Waals surface area contributed by atoms with Crippen molar-refractivity contribution in [2.75, 3.05) is 45.6 Å². The molecule has 0 bridgehead atoms. The minimum atomic E-state index is -0.550. The molecule has 0 aromatic heterocycles. The van der Waals surface area contributed by atoms with Crippen molar-refractivity contribution >= 4 is 11.6 Å². The number of carbonyl (C=O) groups excluding carboxylic acids is 1. The molecular weight excluding hydrogens is 249 g/mol. The Bertz CT molecular complexity index is 459. The van der Waals surface area contributed by atoms with Crippen LogP contribution in [0.4, 0.5) is 10.1 Å². The van der Waals surface area contributed by atoms with Crippen molar-refractivity contribution in [3.8, 4) is 5.75 Å². The zero-order valence-electron chi connectivity index (χ0n) is 10.9. The van der Waals surface area contributed by atoms with E-state index in [0.29, 0.717) is 18.8 Å². The number of hydrogen-bond acceptors (Lipinski definition) is 4. The van der Waals surface area contributed by atoms with E-state index >= 15 is 0 Å². The van der Waals surface area contributed by atoms with E-state index in [9.17, 15) is 9.18 Å². The molecule has 1 aliphatic rings. The van der Waals surface area contributed by atoms with E-state index in [0.717, 1.165) is 13.1 Å². The van der Waals surface area contributed by atoms with Gasteiger partial charge in [-0.25, -0.2) is 4.39 Å². The first-order chi connectivity index (χ1) is 9.06. The number of halogens is 1. The number of nitrogens with two attached hydrogens (primary N) is 1. The predicted octanol–water partition coefficient (Wildman–Crippen LogP) is 0.561. The van der Waals surface area contributed by atoms with Crippen LogP contribution in [0.1, 0.15) is 0 Å². The number of nitrogen functional groups attached to an aromatic ring is 1. The lowest BCUT2D eigenvalue weighted by Gasteiger charge is -2.32. The SMILES string of the molecule is CN1CCN(C(=O)COc2ccc(N)cc2F)CC1. The molecule has 1 heterocycles. The lowest BCUT2D eigenvalue weighted by Crippen LogP contribution is -2.48. The Morgan fingerprint density at radius 2 is 2.05 bits per heavy atom. The van der Waals surface area contributed by atoms with E-state index in [4.69, 9.17) is 10.5 Å². The Morgan fingerprint density at radius 3 is 2.68 bits per heavy atom. The van der Waals surface area contributed by atoms with Crippen molar-refractivity contribution in [3.05, 3.63) is 24.0 Å². The molecule has 2 rings (SSSR count). The first kappa shape index (κ1) is 13.6. The van der Waals surface area contributed by atoms with Gasteiger partial charge in [-0.05, 0) is 19.2 Å². The van der Waals surface area contributed by atoms with Crippen LogP contribution in [0, 0.1) is 5.82 Å². The van der Waals surface area contributed by atoms with Gasteiger partial charge in [-0.3, -0.25) is 4.79 Å². The van der Waals surface area contributed by atoms with Gasteiger partial charge in [-0.2, -0.15) is 0 Å². The molecule has 0 atom stereocenters. The van der Waals surface area contributed by atoms with E-state index in [-0.39, 0.29) is 18.3 Å². The maximum Gasteiger partial charge on any atom is 0.260 e. The van der Waals surface area contributed by atoms with Crippen LogP contribution in [0.25, 0.3) is 0 Å². The zero-order chi connectivity index (χ0) is 13.8. The summed E-state index contributed by atoms with van der Waals surface area (Å²) in [5.74, 6) is -0.618. The number of anilines is 1. The number of carbonyl (C=O) groups is 1. The van der Waals surface area contributed by atoms with E-state index in [1.54, 1.807) is 11.0 Å². The van der Waals surface area contributed by atoms with Gasteiger partial charge in [0, 0.05) is 37.9 Å². The number of amides is 1. The average Bonchev–Trinajstić information content (AvgIpc) is 2.38. The summed E-state index contributed by atoms with van der Waals surface area (Å²) in [6, 6.07) is 4.15. The fraction of sp³-hybridized carbons (Fsp3) is 0.462. The Morgan fingerprint density at radius 1 is 1.37 bits per heavy atom. The Balaban J connectivity index is 1.86. The number of hydrogen-bond donors (Lipinski definition) is 1. The molecule has 19 heavy (non-hydrogen) atoms. The molecule has 1 aliphatic heterocycles. The molecule has 1 aromatic carbocycles. The highest BCUT2D eigenvalue weighted by atomic mass is 19.1. The molecule has 0 spiro atoms. The largest absolute Gasteiger partial charge is 0.481 e. The fourth-order valence-corrected chi connectivity index (χ4v) is 1.92. The number of piperazine rings is 1. The second-order valence-corrected chi connectivity index (χ2v) is 4.66. The fourth-order valence-electron chi connectivity index (χ4n) is 1.92. The van der Waals surface area contributed by atoms with Gasteiger partial charge in [0.1, 0.15) is 0 Å². The molecule has 1 amide bonds. The first-order valence-corrected chi connectivity index (χ1v) is 6.20. The van der Waals surface area contributed by atoms with Crippen LogP contribution in [0.2, 0.25) is 0 Å². The van der Waals surface area contributed by atoms with Crippen molar-refractivity contribution in [2.24, 2.45) is 0 Å². The Hall–Kier alpha value is -1.82. The summed E-state index contributed by atoms with van der Waals surface area (Å²) in [7, 11) is 2.02. The number of nitrogens with zero attached hydrogens (tertiary/aromatic N) is 2. The number of benzene rings is 1. The van der Waals surface area contributed by atoms with Crippen molar-refractivity contribution in [3.63, 3.8) is 0 Å². The smallest absolute Gasteiger partial charge is 0.260 e. The third kappa shape index (κ3) is 3.57. The topological polar surface area (TPSA) is 58.8 Å². The first-order valence-electron chi connectivity index (χ1n) is 6.20. The van der Waals surface area contributed by atoms with Gasteiger partial charge in [0.2, 0.25) is 0 Å². The predicted molar refractivity (Wildman–Crippen MR) is 70.4 cm³/mol. The summed E-state index contributed by atoms with van der Waals surface area (Å²) in [6.07, 6.45) is 0. The van der Waals surface area contributed by atoms with Crippen LogP contribution in [0.15, 0.2) is 18.2 Å². The van der Waals surface area contributed by atoms with Gasteiger partial charge in [0.25, 0.3) is 5.91 Å². The van der Waals surface area contributed by atoms with E-state index in [1.165, 1.54) is 12.1 Å². The maximum absolute atomic E-state index is 13.5. The molecule has 104 valence electrons.